The molecule has 0 radical (unpaired) electrons. The van der Waals surface area contributed by atoms with Gasteiger partial charge in [0.15, 0.2) is 0 Å². The molecule has 0 aliphatic carbocycles. The molecule has 0 atom stereocenters. The van der Waals surface area contributed by atoms with Crippen LogP contribution in [0.15, 0.2) is 47.1 Å². The standard InChI is InChI=1S/C14H11ClO2/c1-10-2-4-11(5-3-10)12-8-13(17-9-12)6-7-14(15)16/h2-9H,1H3/b7-6+. The Morgan fingerprint density at radius 2 is 1.94 bits per heavy atom. The van der Waals surface area contributed by atoms with Crippen molar-refractivity contribution in [2.75, 3.05) is 0 Å². The number of hydrogen-bond donors (Lipinski definition) is 0. The zero-order valence-corrected chi connectivity index (χ0v) is 10.1. The van der Waals surface area contributed by atoms with Gasteiger partial charge in [0, 0.05) is 11.6 Å². The average Bonchev–Trinajstić information content (AvgIpc) is 2.76. The van der Waals surface area contributed by atoms with Crippen LogP contribution in [0.1, 0.15) is 11.3 Å². The number of carbonyl (C=O) groups excluding carboxylic acids is 1. The number of benzene rings is 1. The van der Waals surface area contributed by atoms with E-state index in [0.29, 0.717) is 5.76 Å². The summed E-state index contributed by atoms with van der Waals surface area (Å²) in [6, 6.07) is 10.0. The highest BCUT2D eigenvalue weighted by molar-refractivity contribution is 6.66. The van der Waals surface area contributed by atoms with Crippen molar-refractivity contribution in [1.82, 2.24) is 0 Å². The monoisotopic (exact) mass is 246 g/mol. The van der Waals surface area contributed by atoms with Crippen LogP contribution in [0.4, 0.5) is 0 Å². The summed E-state index contributed by atoms with van der Waals surface area (Å²) in [6.07, 6.45) is 4.47. The molecule has 3 heteroatoms. The predicted octanol–water partition coefficient (Wildman–Crippen LogP) is 4.03. The Morgan fingerprint density at radius 1 is 1.24 bits per heavy atom. The van der Waals surface area contributed by atoms with E-state index in [0.717, 1.165) is 11.1 Å². The highest BCUT2D eigenvalue weighted by Gasteiger charge is 2.02. The lowest BCUT2D eigenvalue weighted by Gasteiger charge is -1.96. The maximum absolute atomic E-state index is 10.6. The van der Waals surface area contributed by atoms with Gasteiger partial charge in [-0.3, -0.25) is 4.79 Å². The Balaban J connectivity index is 2.23. The molecule has 0 spiro atoms. The predicted molar refractivity (Wildman–Crippen MR) is 68.8 cm³/mol. The van der Waals surface area contributed by atoms with Crippen molar-refractivity contribution in [2.45, 2.75) is 6.92 Å². The number of rotatable bonds is 3. The number of halogens is 1. The van der Waals surface area contributed by atoms with E-state index in [4.69, 9.17) is 16.0 Å². The summed E-state index contributed by atoms with van der Waals surface area (Å²) in [5, 5.41) is -0.515. The highest BCUT2D eigenvalue weighted by Crippen LogP contribution is 2.23. The molecule has 2 nitrogen and oxygen atoms in total. The lowest BCUT2D eigenvalue weighted by atomic mass is 10.1. The molecule has 17 heavy (non-hydrogen) atoms. The topological polar surface area (TPSA) is 30.2 Å². The molecule has 0 fully saturated rings. The lowest BCUT2D eigenvalue weighted by Crippen LogP contribution is -1.75. The quantitative estimate of drug-likeness (QED) is 0.605. The van der Waals surface area contributed by atoms with Gasteiger partial charge in [0.25, 0.3) is 0 Å². The van der Waals surface area contributed by atoms with E-state index in [2.05, 4.69) is 0 Å². The molecule has 0 aliphatic heterocycles. The van der Waals surface area contributed by atoms with Crippen molar-refractivity contribution in [3.05, 3.63) is 54.0 Å². The van der Waals surface area contributed by atoms with Crippen LogP contribution in [-0.4, -0.2) is 5.24 Å². The third-order valence-electron chi connectivity index (χ3n) is 2.38. The Labute approximate surface area is 105 Å². The summed E-state index contributed by atoms with van der Waals surface area (Å²) < 4.78 is 5.30. The van der Waals surface area contributed by atoms with Crippen LogP contribution in [0.25, 0.3) is 17.2 Å². The number of allylic oxidation sites excluding steroid dienone is 1. The van der Waals surface area contributed by atoms with E-state index in [1.807, 2.05) is 37.3 Å². The van der Waals surface area contributed by atoms with Crippen molar-refractivity contribution in [3.8, 4) is 11.1 Å². The van der Waals surface area contributed by atoms with Crippen molar-refractivity contribution < 1.29 is 9.21 Å². The van der Waals surface area contributed by atoms with Gasteiger partial charge in [0.05, 0.1) is 6.26 Å². The molecule has 0 N–H and O–H groups in total. The summed E-state index contributed by atoms with van der Waals surface area (Å²) in [5.41, 5.74) is 3.27. The zero-order valence-electron chi connectivity index (χ0n) is 9.31. The molecule has 1 heterocycles. The number of aryl methyl sites for hydroxylation is 1. The molecular formula is C14H11ClO2. The largest absolute Gasteiger partial charge is 0.464 e. The third-order valence-corrected chi connectivity index (χ3v) is 2.51. The first-order valence-corrected chi connectivity index (χ1v) is 5.56. The van der Waals surface area contributed by atoms with Crippen molar-refractivity contribution in [2.24, 2.45) is 0 Å². The van der Waals surface area contributed by atoms with Crippen LogP contribution in [0, 0.1) is 6.92 Å². The van der Waals surface area contributed by atoms with E-state index in [9.17, 15) is 4.79 Å². The van der Waals surface area contributed by atoms with E-state index in [1.54, 1.807) is 12.3 Å². The molecule has 0 bridgehead atoms. The van der Waals surface area contributed by atoms with Crippen LogP contribution in [0.2, 0.25) is 0 Å². The molecule has 2 aromatic rings. The minimum atomic E-state index is -0.515. The molecule has 1 aromatic carbocycles. The maximum Gasteiger partial charge on any atom is 0.245 e. The molecule has 86 valence electrons. The van der Waals surface area contributed by atoms with Gasteiger partial charge in [-0.2, -0.15) is 0 Å². The lowest BCUT2D eigenvalue weighted by molar-refractivity contribution is -0.107. The highest BCUT2D eigenvalue weighted by atomic mass is 35.5. The fraction of sp³-hybridized carbons (Fsp3) is 0.0714. The Hall–Kier alpha value is -1.80. The van der Waals surface area contributed by atoms with Crippen LogP contribution >= 0.6 is 11.6 Å². The third kappa shape index (κ3) is 3.08. The number of carbonyl (C=O) groups is 1. The zero-order chi connectivity index (χ0) is 12.3. The Bertz CT molecular complexity index is 550. The average molecular weight is 247 g/mol. The summed E-state index contributed by atoms with van der Waals surface area (Å²) in [7, 11) is 0. The second-order valence-corrected chi connectivity index (χ2v) is 4.11. The normalized spacial score (nSPS) is 10.9. The van der Waals surface area contributed by atoms with Gasteiger partial charge < -0.3 is 4.42 Å². The molecule has 2 rings (SSSR count). The second-order valence-electron chi connectivity index (χ2n) is 3.74. The van der Waals surface area contributed by atoms with Gasteiger partial charge in [-0.1, -0.05) is 29.8 Å². The molecule has 0 aliphatic rings. The van der Waals surface area contributed by atoms with Gasteiger partial charge in [-0.05, 0) is 36.2 Å². The first kappa shape index (κ1) is 11.7. The van der Waals surface area contributed by atoms with Crippen LogP contribution in [0.3, 0.4) is 0 Å². The van der Waals surface area contributed by atoms with E-state index >= 15 is 0 Å². The molecule has 0 saturated carbocycles. The molecular weight excluding hydrogens is 236 g/mol. The Kier molecular flexibility index (Phi) is 3.45. The van der Waals surface area contributed by atoms with Crippen molar-refractivity contribution in [1.29, 1.82) is 0 Å². The second kappa shape index (κ2) is 5.02. The molecule has 0 saturated heterocycles. The fourth-order valence-electron chi connectivity index (χ4n) is 1.49. The SMILES string of the molecule is Cc1ccc(-c2coc(/C=C/C(=O)Cl)c2)cc1. The summed E-state index contributed by atoms with van der Waals surface area (Å²) >= 11 is 5.20. The maximum atomic E-state index is 10.6. The Morgan fingerprint density at radius 3 is 2.59 bits per heavy atom. The van der Waals surface area contributed by atoms with Gasteiger partial charge in [-0.15, -0.1) is 0 Å². The van der Waals surface area contributed by atoms with E-state index in [1.165, 1.54) is 11.6 Å². The van der Waals surface area contributed by atoms with Crippen LogP contribution in [-0.2, 0) is 4.79 Å². The fourth-order valence-corrected chi connectivity index (χ4v) is 1.55. The van der Waals surface area contributed by atoms with Gasteiger partial charge in [0.2, 0.25) is 5.24 Å². The molecule has 0 amide bonds. The smallest absolute Gasteiger partial charge is 0.245 e. The van der Waals surface area contributed by atoms with Crippen molar-refractivity contribution >= 4 is 22.9 Å². The van der Waals surface area contributed by atoms with E-state index in [-0.39, 0.29) is 0 Å². The van der Waals surface area contributed by atoms with Crippen LogP contribution in [0.5, 0.6) is 0 Å². The summed E-state index contributed by atoms with van der Waals surface area (Å²) in [6.45, 7) is 2.04. The minimum absolute atomic E-state index is 0.515. The van der Waals surface area contributed by atoms with Gasteiger partial charge in [0.1, 0.15) is 5.76 Å². The minimum Gasteiger partial charge on any atom is -0.464 e. The van der Waals surface area contributed by atoms with E-state index < -0.39 is 5.24 Å². The molecule has 1 aromatic heterocycles. The molecule has 0 unspecified atom stereocenters. The van der Waals surface area contributed by atoms with Gasteiger partial charge >= 0.3 is 0 Å². The summed E-state index contributed by atoms with van der Waals surface area (Å²) in [4.78, 5) is 10.6. The number of hydrogen-bond acceptors (Lipinski definition) is 2. The van der Waals surface area contributed by atoms with Crippen LogP contribution < -0.4 is 0 Å². The first-order valence-electron chi connectivity index (χ1n) is 5.18. The first-order chi connectivity index (χ1) is 8.15. The van der Waals surface area contributed by atoms with Crippen molar-refractivity contribution in [3.63, 3.8) is 0 Å². The number of furan rings is 1. The summed E-state index contributed by atoms with van der Waals surface area (Å²) in [5.74, 6) is 0.606. The van der Waals surface area contributed by atoms with Gasteiger partial charge in [-0.25, -0.2) is 0 Å².